The van der Waals surface area contributed by atoms with Crippen LogP contribution in [0.1, 0.15) is 81.3 Å². The Morgan fingerprint density at radius 1 is 0.750 bits per heavy atom. The van der Waals surface area contributed by atoms with Gasteiger partial charge in [0, 0.05) is 25.8 Å². The highest BCUT2D eigenvalue weighted by atomic mass is 19.3. The van der Waals surface area contributed by atoms with Crippen molar-refractivity contribution in [2.75, 3.05) is 13.7 Å². The van der Waals surface area contributed by atoms with Crippen molar-refractivity contribution in [1.82, 2.24) is 0 Å². The van der Waals surface area contributed by atoms with E-state index >= 15 is 0 Å². The van der Waals surface area contributed by atoms with Gasteiger partial charge in [0.2, 0.25) is 0 Å². The number of rotatable bonds is 12. The van der Waals surface area contributed by atoms with Crippen LogP contribution < -0.4 is 4.74 Å². The third kappa shape index (κ3) is 7.37. The van der Waals surface area contributed by atoms with Gasteiger partial charge in [-0.3, -0.25) is 0 Å². The minimum absolute atomic E-state index is 0.150. The monoisotopic (exact) mass is 520 g/mol. The van der Waals surface area contributed by atoms with Crippen molar-refractivity contribution in [3.63, 3.8) is 0 Å². The maximum absolute atomic E-state index is 14.7. The summed E-state index contributed by atoms with van der Waals surface area (Å²) < 4.78 is 107. The molecule has 2 aromatic rings. The molecule has 0 spiro atoms. The van der Waals surface area contributed by atoms with Crippen LogP contribution in [0.25, 0.3) is 0 Å². The first-order valence-corrected chi connectivity index (χ1v) is 12.3. The van der Waals surface area contributed by atoms with E-state index in [1.165, 1.54) is 6.42 Å². The Morgan fingerprint density at radius 3 is 1.89 bits per heavy atom. The molecule has 36 heavy (non-hydrogen) atoms. The third-order valence-corrected chi connectivity index (χ3v) is 6.84. The van der Waals surface area contributed by atoms with Crippen LogP contribution in [0.4, 0.5) is 30.7 Å². The third-order valence-electron chi connectivity index (χ3n) is 6.84. The summed E-state index contributed by atoms with van der Waals surface area (Å²) in [5, 5.41) is 0. The molecule has 0 aromatic heterocycles. The molecule has 0 aliphatic heterocycles. The number of hydrogen-bond donors (Lipinski definition) is 0. The van der Waals surface area contributed by atoms with E-state index in [4.69, 9.17) is 4.74 Å². The van der Waals surface area contributed by atoms with Crippen LogP contribution in [-0.4, -0.2) is 13.7 Å². The van der Waals surface area contributed by atoms with Crippen LogP contribution in [0.2, 0.25) is 0 Å². The van der Waals surface area contributed by atoms with Gasteiger partial charge in [0.25, 0.3) is 0 Å². The fourth-order valence-electron chi connectivity index (χ4n) is 4.89. The van der Waals surface area contributed by atoms with Crippen molar-refractivity contribution >= 4 is 0 Å². The van der Waals surface area contributed by atoms with Crippen LogP contribution >= 0.6 is 0 Å². The minimum atomic E-state index is -4.58. The van der Waals surface area contributed by atoms with Crippen molar-refractivity contribution < 1.29 is 40.2 Å². The van der Waals surface area contributed by atoms with Gasteiger partial charge in [-0.05, 0) is 61.6 Å². The molecule has 0 unspecified atom stereocenters. The van der Waals surface area contributed by atoms with E-state index < -0.39 is 46.5 Å². The lowest BCUT2D eigenvalue weighted by Gasteiger charge is -2.29. The zero-order valence-electron chi connectivity index (χ0n) is 20.2. The Bertz CT molecular complexity index is 958. The molecule has 1 saturated carbocycles. The average Bonchev–Trinajstić information content (AvgIpc) is 2.81. The molecule has 1 aliphatic rings. The highest BCUT2D eigenvalue weighted by Crippen LogP contribution is 2.41. The first-order valence-electron chi connectivity index (χ1n) is 12.3. The smallest absolute Gasteiger partial charge is 0.429 e. The van der Waals surface area contributed by atoms with Crippen molar-refractivity contribution in [2.45, 2.75) is 76.2 Å². The first-order chi connectivity index (χ1) is 17.1. The number of benzene rings is 2. The molecular weight excluding hydrogens is 489 g/mol. The maximum atomic E-state index is 14.7. The van der Waals surface area contributed by atoms with Gasteiger partial charge in [0.05, 0.1) is 0 Å². The molecule has 9 heteroatoms. The lowest BCUT2D eigenvalue weighted by Crippen LogP contribution is -2.26. The van der Waals surface area contributed by atoms with Gasteiger partial charge in [-0.15, -0.1) is 0 Å². The second kappa shape index (κ2) is 12.8. The normalized spacial score (nSPS) is 18.4. The lowest BCUT2D eigenvalue weighted by atomic mass is 9.77. The van der Waals surface area contributed by atoms with Gasteiger partial charge in [-0.25, -0.2) is 22.0 Å². The Morgan fingerprint density at radius 2 is 1.31 bits per heavy atom. The van der Waals surface area contributed by atoms with Crippen molar-refractivity contribution in [2.24, 2.45) is 5.92 Å². The SMILES string of the molecule is COCCCCCCCC1CCC(c2cc(F)c(C(F)(F)Oc3cc(F)c(F)c(F)c3)c(F)c2)CC1. The summed E-state index contributed by atoms with van der Waals surface area (Å²) in [6, 6.07) is 2.09. The van der Waals surface area contributed by atoms with Crippen molar-refractivity contribution in [1.29, 1.82) is 0 Å². The molecule has 3 rings (SSSR count). The van der Waals surface area contributed by atoms with E-state index in [1.807, 2.05) is 0 Å². The molecule has 0 saturated heterocycles. The molecular formula is C27H31F7O2. The molecule has 1 aliphatic carbocycles. The van der Waals surface area contributed by atoms with Crippen LogP contribution in [0, 0.1) is 35.0 Å². The number of unbranched alkanes of at least 4 members (excludes halogenated alkanes) is 4. The summed E-state index contributed by atoms with van der Waals surface area (Å²) in [4.78, 5) is 0. The fraction of sp³-hybridized carbons (Fsp3) is 0.556. The summed E-state index contributed by atoms with van der Waals surface area (Å²) in [7, 11) is 1.69. The van der Waals surface area contributed by atoms with Crippen molar-refractivity contribution in [3.05, 3.63) is 64.5 Å². The predicted octanol–water partition coefficient (Wildman–Crippen LogP) is 8.77. The summed E-state index contributed by atoms with van der Waals surface area (Å²) in [5.41, 5.74) is -1.38. The van der Waals surface area contributed by atoms with E-state index in [-0.39, 0.29) is 18.1 Å². The molecule has 1 fully saturated rings. The van der Waals surface area contributed by atoms with Crippen LogP contribution in [0.3, 0.4) is 0 Å². The lowest BCUT2D eigenvalue weighted by molar-refractivity contribution is -0.189. The van der Waals surface area contributed by atoms with Gasteiger partial charge >= 0.3 is 6.11 Å². The number of hydrogen-bond acceptors (Lipinski definition) is 2. The van der Waals surface area contributed by atoms with Crippen LogP contribution in [0.5, 0.6) is 5.75 Å². The maximum Gasteiger partial charge on any atom is 0.432 e. The molecule has 2 nitrogen and oxygen atoms in total. The Kier molecular flexibility index (Phi) is 10.0. The Labute approximate surface area is 206 Å². The van der Waals surface area contributed by atoms with E-state index in [0.717, 1.165) is 63.7 Å². The summed E-state index contributed by atoms with van der Waals surface area (Å²) in [5.74, 6) is -9.16. The molecule has 0 radical (unpaired) electrons. The zero-order valence-corrected chi connectivity index (χ0v) is 20.2. The standard InChI is InChI=1S/C27H31F7O2/c1-35-12-6-4-2-3-5-7-17-8-10-18(11-9-17)19-13-21(28)25(22(29)14-19)27(33,34)36-20-15-23(30)26(32)24(31)16-20/h13-18H,2-12H2,1H3. The van der Waals surface area contributed by atoms with Gasteiger partial charge in [-0.1, -0.05) is 32.1 Å². The molecule has 200 valence electrons. The molecule has 2 aromatic carbocycles. The molecule has 0 N–H and O–H groups in total. The zero-order chi connectivity index (χ0) is 26.3. The van der Waals surface area contributed by atoms with Gasteiger partial charge in [0.15, 0.2) is 17.5 Å². The molecule has 0 bridgehead atoms. The summed E-state index contributed by atoms with van der Waals surface area (Å²) in [6.07, 6.45) is 5.42. The highest BCUT2D eigenvalue weighted by Gasteiger charge is 2.42. The van der Waals surface area contributed by atoms with E-state index in [2.05, 4.69) is 4.74 Å². The summed E-state index contributed by atoms with van der Waals surface area (Å²) >= 11 is 0. The molecule has 0 atom stereocenters. The minimum Gasteiger partial charge on any atom is -0.429 e. The second-order valence-corrected chi connectivity index (χ2v) is 9.45. The van der Waals surface area contributed by atoms with Crippen molar-refractivity contribution in [3.8, 4) is 5.75 Å². The number of ether oxygens (including phenoxy) is 2. The predicted molar refractivity (Wildman–Crippen MR) is 121 cm³/mol. The van der Waals surface area contributed by atoms with E-state index in [0.29, 0.717) is 24.3 Å². The first kappa shape index (κ1) is 28.3. The van der Waals surface area contributed by atoms with Crippen LogP contribution in [-0.2, 0) is 10.8 Å². The van der Waals surface area contributed by atoms with Gasteiger partial charge in [-0.2, -0.15) is 8.78 Å². The number of halogens is 7. The second-order valence-electron chi connectivity index (χ2n) is 9.45. The topological polar surface area (TPSA) is 18.5 Å². The number of alkyl halides is 2. The van der Waals surface area contributed by atoms with Gasteiger partial charge < -0.3 is 9.47 Å². The quantitative estimate of drug-likeness (QED) is 0.158. The molecule has 0 amide bonds. The van der Waals surface area contributed by atoms with Crippen LogP contribution in [0.15, 0.2) is 24.3 Å². The molecule has 0 heterocycles. The largest absolute Gasteiger partial charge is 0.432 e. The average molecular weight is 521 g/mol. The van der Waals surface area contributed by atoms with E-state index in [9.17, 15) is 30.7 Å². The summed E-state index contributed by atoms with van der Waals surface area (Å²) in [6.45, 7) is 0.783. The highest BCUT2D eigenvalue weighted by molar-refractivity contribution is 5.33. The van der Waals surface area contributed by atoms with E-state index in [1.54, 1.807) is 7.11 Å². The van der Waals surface area contributed by atoms with Gasteiger partial charge in [0.1, 0.15) is 22.9 Å². The Balaban J connectivity index is 1.58. The Hall–Kier alpha value is -2.29. The fourth-order valence-corrected chi connectivity index (χ4v) is 4.89. The number of methoxy groups -OCH3 is 1.